The van der Waals surface area contributed by atoms with E-state index in [0.29, 0.717) is 11.7 Å². The van der Waals surface area contributed by atoms with Crippen molar-refractivity contribution in [3.63, 3.8) is 0 Å². The van der Waals surface area contributed by atoms with Crippen LogP contribution in [0.4, 0.5) is 0 Å². The molecule has 1 aromatic carbocycles. The number of H-pyrrole nitrogens is 1. The van der Waals surface area contributed by atoms with E-state index in [0.717, 1.165) is 41.3 Å². The second kappa shape index (κ2) is 9.21. The van der Waals surface area contributed by atoms with E-state index in [1.54, 1.807) is 7.11 Å². The van der Waals surface area contributed by atoms with E-state index in [4.69, 9.17) is 4.74 Å². The number of carbonyl (C=O) groups is 1. The van der Waals surface area contributed by atoms with Crippen LogP contribution in [0.15, 0.2) is 24.3 Å². The minimum atomic E-state index is -0.00555. The molecule has 2 N–H and O–H groups in total. The lowest BCUT2D eigenvalue weighted by Gasteiger charge is -2.34. The van der Waals surface area contributed by atoms with Crippen LogP contribution >= 0.6 is 0 Å². The van der Waals surface area contributed by atoms with Crippen molar-refractivity contribution in [2.24, 2.45) is 11.8 Å². The van der Waals surface area contributed by atoms with Crippen molar-refractivity contribution < 1.29 is 9.53 Å². The molecule has 2 heterocycles. The summed E-state index contributed by atoms with van der Waals surface area (Å²) in [5.41, 5.74) is 1.55. The highest BCUT2D eigenvalue weighted by atomic mass is 16.5. The van der Waals surface area contributed by atoms with Crippen LogP contribution in [0.1, 0.15) is 62.4 Å². The third kappa shape index (κ3) is 4.95. The molecule has 5 heteroatoms. The lowest BCUT2D eigenvalue weighted by molar-refractivity contribution is 0.0914. The number of hydrogen-bond acceptors (Lipinski definition) is 3. The number of likely N-dealkylation sites (tertiary alicyclic amines) is 1. The molecule has 2 fully saturated rings. The van der Waals surface area contributed by atoms with E-state index in [2.05, 4.69) is 22.1 Å². The minimum Gasteiger partial charge on any atom is -0.496 e. The number of benzene rings is 1. The Kier molecular flexibility index (Phi) is 6.43. The monoisotopic (exact) mass is 397 g/mol. The Morgan fingerprint density at radius 2 is 2.07 bits per heavy atom. The van der Waals surface area contributed by atoms with Crippen LogP contribution in [0.3, 0.4) is 0 Å². The van der Waals surface area contributed by atoms with Crippen LogP contribution in [-0.4, -0.2) is 48.6 Å². The van der Waals surface area contributed by atoms with Crippen molar-refractivity contribution in [1.82, 2.24) is 15.2 Å². The van der Waals surface area contributed by atoms with Gasteiger partial charge in [-0.15, -0.1) is 0 Å². The van der Waals surface area contributed by atoms with Gasteiger partial charge in [0, 0.05) is 23.5 Å². The highest BCUT2D eigenvalue weighted by Crippen LogP contribution is 2.29. The molecule has 0 radical (unpaired) electrons. The van der Waals surface area contributed by atoms with Gasteiger partial charge in [-0.2, -0.15) is 0 Å². The molecule has 1 atom stereocenters. The van der Waals surface area contributed by atoms with Gasteiger partial charge in [-0.1, -0.05) is 13.0 Å². The van der Waals surface area contributed by atoms with Crippen LogP contribution in [0.5, 0.6) is 5.75 Å². The smallest absolute Gasteiger partial charge is 0.267 e. The Balaban J connectivity index is 1.24. The zero-order valence-corrected chi connectivity index (χ0v) is 17.9. The summed E-state index contributed by atoms with van der Waals surface area (Å²) in [7, 11) is 1.66. The summed E-state index contributed by atoms with van der Waals surface area (Å²) in [6.07, 6.45) is 8.72. The fourth-order valence-corrected chi connectivity index (χ4v) is 5.14. The van der Waals surface area contributed by atoms with Crippen LogP contribution < -0.4 is 10.1 Å². The Morgan fingerprint density at radius 1 is 1.24 bits per heavy atom. The zero-order valence-electron chi connectivity index (χ0n) is 17.9. The van der Waals surface area contributed by atoms with Gasteiger partial charge in [0.2, 0.25) is 0 Å². The Morgan fingerprint density at radius 3 is 2.83 bits per heavy atom. The molecule has 1 saturated carbocycles. The molecule has 2 aromatic rings. The predicted octanol–water partition coefficient (Wildman–Crippen LogP) is 4.59. The van der Waals surface area contributed by atoms with Gasteiger partial charge in [-0.05, 0) is 88.1 Å². The Labute approximate surface area is 174 Å². The number of fused-ring (bicyclic) bond motifs is 1. The molecule has 2 aliphatic rings. The number of ether oxygens (including phenoxy) is 1. The van der Waals surface area contributed by atoms with Gasteiger partial charge in [0.1, 0.15) is 11.4 Å². The Bertz CT molecular complexity index is 823. The number of amides is 1. The first kappa shape index (κ1) is 20.3. The van der Waals surface area contributed by atoms with Crippen molar-refractivity contribution >= 4 is 16.8 Å². The zero-order chi connectivity index (χ0) is 20.2. The normalized spacial score (nSPS) is 25.8. The first-order valence-electron chi connectivity index (χ1n) is 11.3. The molecular formula is C24H35N3O2. The molecule has 0 bridgehead atoms. The van der Waals surface area contributed by atoms with E-state index in [-0.39, 0.29) is 5.91 Å². The largest absolute Gasteiger partial charge is 0.496 e. The van der Waals surface area contributed by atoms with Crippen LogP contribution in [0.2, 0.25) is 0 Å². The van der Waals surface area contributed by atoms with Gasteiger partial charge in [-0.25, -0.2) is 0 Å². The molecule has 5 nitrogen and oxygen atoms in total. The van der Waals surface area contributed by atoms with Crippen LogP contribution in [0, 0.1) is 11.8 Å². The second-order valence-electron chi connectivity index (χ2n) is 9.13. The number of aromatic nitrogens is 1. The van der Waals surface area contributed by atoms with E-state index in [1.807, 2.05) is 24.3 Å². The Hall–Kier alpha value is -2.01. The fraction of sp³-hybridized carbons (Fsp3) is 0.625. The topological polar surface area (TPSA) is 57.4 Å². The predicted molar refractivity (Wildman–Crippen MR) is 118 cm³/mol. The molecule has 29 heavy (non-hydrogen) atoms. The summed E-state index contributed by atoms with van der Waals surface area (Å²) < 4.78 is 5.40. The quantitative estimate of drug-likeness (QED) is 0.750. The van der Waals surface area contributed by atoms with Crippen molar-refractivity contribution in [2.45, 2.75) is 57.9 Å². The second-order valence-corrected chi connectivity index (χ2v) is 9.13. The first-order chi connectivity index (χ1) is 14.1. The average Bonchev–Trinajstić information content (AvgIpc) is 3.18. The fourth-order valence-electron chi connectivity index (χ4n) is 5.14. The van der Waals surface area contributed by atoms with Gasteiger partial charge in [-0.3, -0.25) is 4.79 Å². The number of nitrogens with zero attached hydrogens (tertiary/aromatic N) is 1. The summed E-state index contributed by atoms with van der Waals surface area (Å²) in [4.78, 5) is 18.6. The third-order valence-electron chi connectivity index (χ3n) is 6.87. The summed E-state index contributed by atoms with van der Waals surface area (Å²) in [5, 5.41) is 4.20. The van der Waals surface area contributed by atoms with E-state index in [1.165, 1.54) is 51.7 Å². The lowest BCUT2D eigenvalue weighted by Crippen LogP contribution is -2.39. The molecule has 158 valence electrons. The number of rotatable bonds is 6. The average molecular weight is 398 g/mol. The molecular weight excluding hydrogens is 362 g/mol. The van der Waals surface area contributed by atoms with E-state index in [9.17, 15) is 4.79 Å². The molecule has 1 saturated heterocycles. The number of carbonyl (C=O) groups excluding carboxylic acids is 1. The van der Waals surface area contributed by atoms with E-state index >= 15 is 0 Å². The highest BCUT2D eigenvalue weighted by molar-refractivity contribution is 5.99. The maximum atomic E-state index is 12.7. The van der Waals surface area contributed by atoms with Crippen molar-refractivity contribution in [2.75, 3.05) is 26.7 Å². The van der Waals surface area contributed by atoms with Crippen molar-refractivity contribution in [3.05, 3.63) is 30.0 Å². The maximum Gasteiger partial charge on any atom is 0.267 e. The van der Waals surface area contributed by atoms with Gasteiger partial charge < -0.3 is 19.9 Å². The standard InChI is InChI=1S/C24H35N3O2/c1-17-5-4-13-27(16-17)14-12-18-8-10-19(11-9-18)25-24(28)22-15-20-21(26-22)6-3-7-23(20)29-2/h3,6-7,15,17-19,26H,4-5,8-14,16H2,1-2H3,(H,25,28)/t17-,18?,19?/m1/s1. The number of nitrogens with one attached hydrogen (secondary N) is 2. The number of aromatic amines is 1. The van der Waals surface area contributed by atoms with Crippen molar-refractivity contribution in [3.8, 4) is 5.75 Å². The minimum absolute atomic E-state index is 0.00555. The molecule has 1 amide bonds. The SMILES string of the molecule is COc1cccc2[nH]c(C(=O)NC3CCC(CCN4CCC[C@@H](C)C4)CC3)cc12. The number of hydrogen-bond donors (Lipinski definition) is 2. The molecule has 1 aliphatic heterocycles. The maximum absolute atomic E-state index is 12.7. The summed E-state index contributed by atoms with van der Waals surface area (Å²) in [6.45, 7) is 6.19. The van der Waals surface area contributed by atoms with Gasteiger partial charge in [0.25, 0.3) is 5.91 Å². The van der Waals surface area contributed by atoms with E-state index < -0.39 is 0 Å². The summed E-state index contributed by atoms with van der Waals surface area (Å²) in [6, 6.07) is 8.02. The van der Waals surface area contributed by atoms with Gasteiger partial charge in [0.15, 0.2) is 0 Å². The van der Waals surface area contributed by atoms with Crippen LogP contribution in [-0.2, 0) is 0 Å². The van der Waals surface area contributed by atoms with Gasteiger partial charge >= 0.3 is 0 Å². The molecule has 1 aromatic heterocycles. The van der Waals surface area contributed by atoms with Gasteiger partial charge in [0.05, 0.1) is 7.11 Å². The summed E-state index contributed by atoms with van der Waals surface area (Å²) >= 11 is 0. The summed E-state index contributed by atoms with van der Waals surface area (Å²) in [5.74, 6) is 2.47. The lowest BCUT2D eigenvalue weighted by atomic mass is 9.83. The molecule has 0 spiro atoms. The number of piperidine rings is 1. The number of methoxy groups -OCH3 is 1. The molecule has 0 unspecified atom stereocenters. The first-order valence-corrected chi connectivity index (χ1v) is 11.3. The highest BCUT2D eigenvalue weighted by Gasteiger charge is 2.24. The third-order valence-corrected chi connectivity index (χ3v) is 6.87. The molecule has 1 aliphatic carbocycles. The van der Waals surface area contributed by atoms with Crippen LogP contribution in [0.25, 0.3) is 10.9 Å². The molecule has 4 rings (SSSR count). The van der Waals surface area contributed by atoms with Crippen molar-refractivity contribution in [1.29, 1.82) is 0 Å².